The van der Waals surface area contributed by atoms with Gasteiger partial charge in [-0.2, -0.15) is 0 Å². The molecular formula is C15H17NO5. The Kier molecular flexibility index (Phi) is 3.79. The highest BCUT2D eigenvalue weighted by molar-refractivity contribution is 5.85. The molecule has 1 amide bonds. The van der Waals surface area contributed by atoms with E-state index in [9.17, 15) is 9.59 Å². The number of morpholine rings is 1. The summed E-state index contributed by atoms with van der Waals surface area (Å²) >= 11 is 0. The summed E-state index contributed by atoms with van der Waals surface area (Å²) in [4.78, 5) is 25.3. The van der Waals surface area contributed by atoms with Gasteiger partial charge in [-0.3, -0.25) is 4.79 Å². The number of carbonyl (C=O) groups is 2. The van der Waals surface area contributed by atoms with Crippen LogP contribution in [0.4, 0.5) is 0 Å². The van der Waals surface area contributed by atoms with E-state index in [1.807, 2.05) is 24.3 Å². The average molecular weight is 291 g/mol. The molecule has 2 aliphatic heterocycles. The van der Waals surface area contributed by atoms with Gasteiger partial charge in [0.05, 0.1) is 25.7 Å². The van der Waals surface area contributed by atoms with Crippen LogP contribution in [-0.4, -0.2) is 54.3 Å². The standard InChI is InChI=1S/C15H17NO5/c17-14(16-6-8-21-13(9-16)15(18)19)11-5-7-20-12-4-2-1-3-10(11)12/h1-4,11,13H,5-9H2,(H,18,19)/t11-,13-/m0/s1. The fourth-order valence-corrected chi connectivity index (χ4v) is 2.82. The van der Waals surface area contributed by atoms with Crippen LogP contribution in [0.3, 0.4) is 0 Å². The first kappa shape index (κ1) is 13.9. The maximum atomic E-state index is 12.7. The Bertz CT molecular complexity index is 559. The Morgan fingerprint density at radius 2 is 2.05 bits per heavy atom. The lowest BCUT2D eigenvalue weighted by molar-refractivity contribution is -0.160. The number of fused-ring (bicyclic) bond motifs is 1. The van der Waals surface area contributed by atoms with Gasteiger partial charge in [-0.25, -0.2) is 4.79 Å². The molecule has 0 spiro atoms. The van der Waals surface area contributed by atoms with Crippen LogP contribution >= 0.6 is 0 Å². The van der Waals surface area contributed by atoms with E-state index in [-0.39, 0.29) is 25.0 Å². The maximum Gasteiger partial charge on any atom is 0.334 e. The minimum absolute atomic E-state index is 0.0414. The third-order valence-electron chi connectivity index (χ3n) is 3.91. The van der Waals surface area contributed by atoms with E-state index >= 15 is 0 Å². The molecule has 0 bridgehead atoms. The number of carboxylic acids is 1. The summed E-state index contributed by atoms with van der Waals surface area (Å²) in [6.45, 7) is 1.30. The maximum absolute atomic E-state index is 12.7. The van der Waals surface area contributed by atoms with E-state index < -0.39 is 12.1 Å². The molecule has 0 radical (unpaired) electrons. The van der Waals surface area contributed by atoms with Crippen LogP contribution in [-0.2, 0) is 14.3 Å². The molecule has 6 nitrogen and oxygen atoms in total. The van der Waals surface area contributed by atoms with Crippen LogP contribution in [0.15, 0.2) is 24.3 Å². The van der Waals surface area contributed by atoms with Gasteiger partial charge in [0.15, 0.2) is 6.10 Å². The van der Waals surface area contributed by atoms with Gasteiger partial charge >= 0.3 is 5.97 Å². The first-order chi connectivity index (χ1) is 10.2. The molecule has 1 aromatic rings. The molecular weight excluding hydrogens is 274 g/mol. The number of amides is 1. The monoisotopic (exact) mass is 291 g/mol. The lowest BCUT2D eigenvalue weighted by Crippen LogP contribution is -2.50. The molecule has 2 atom stereocenters. The number of nitrogens with zero attached hydrogens (tertiary/aromatic N) is 1. The molecule has 1 fully saturated rings. The summed E-state index contributed by atoms with van der Waals surface area (Å²) in [5, 5.41) is 9.02. The Hall–Kier alpha value is -2.08. The topological polar surface area (TPSA) is 76.1 Å². The van der Waals surface area contributed by atoms with Crippen LogP contribution < -0.4 is 4.74 Å². The molecule has 0 aromatic heterocycles. The van der Waals surface area contributed by atoms with Crippen LogP contribution in [0.1, 0.15) is 17.9 Å². The number of carboxylic acid groups (broad SMARTS) is 1. The number of para-hydroxylation sites is 1. The second-order valence-corrected chi connectivity index (χ2v) is 5.21. The van der Waals surface area contributed by atoms with Crippen LogP contribution in [0.25, 0.3) is 0 Å². The molecule has 1 N–H and O–H groups in total. The van der Waals surface area contributed by atoms with Gasteiger partial charge in [0.1, 0.15) is 5.75 Å². The van der Waals surface area contributed by atoms with Crippen molar-refractivity contribution in [3.05, 3.63) is 29.8 Å². The molecule has 2 heterocycles. The Balaban J connectivity index is 1.78. The number of carbonyl (C=O) groups excluding carboxylic acids is 1. The van der Waals surface area contributed by atoms with Crippen molar-refractivity contribution in [3.63, 3.8) is 0 Å². The zero-order valence-electron chi connectivity index (χ0n) is 11.5. The van der Waals surface area contributed by atoms with E-state index in [0.29, 0.717) is 19.6 Å². The smallest absolute Gasteiger partial charge is 0.334 e. The van der Waals surface area contributed by atoms with E-state index in [2.05, 4.69) is 0 Å². The lowest BCUT2D eigenvalue weighted by Gasteiger charge is -2.35. The predicted molar refractivity (Wildman–Crippen MR) is 73.3 cm³/mol. The Labute approximate surface area is 122 Å². The van der Waals surface area contributed by atoms with Gasteiger partial charge in [-0.1, -0.05) is 18.2 Å². The number of aliphatic carboxylic acids is 1. The van der Waals surface area contributed by atoms with Crippen molar-refractivity contribution >= 4 is 11.9 Å². The predicted octanol–water partition coefficient (Wildman–Crippen LogP) is 0.865. The van der Waals surface area contributed by atoms with Crippen molar-refractivity contribution in [2.45, 2.75) is 18.4 Å². The molecule has 0 saturated carbocycles. The number of benzene rings is 1. The third-order valence-corrected chi connectivity index (χ3v) is 3.91. The summed E-state index contributed by atoms with van der Waals surface area (Å²) < 4.78 is 10.7. The van der Waals surface area contributed by atoms with Gasteiger partial charge in [-0.15, -0.1) is 0 Å². The number of rotatable bonds is 2. The summed E-state index contributed by atoms with van der Waals surface area (Å²) in [6.07, 6.45) is -0.317. The van der Waals surface area contributed by atoms with Gasteiger partial charge in [0, 0.05) is 12.1 Å². The number of hydrogen-bond donors (Lipinski definition) is 1. The quantitative estimate of drug-likeness (QED) is 0.875. The van der Waals surface area contributed by atoms with Crippen LogP contribution in [0, 0.1) is 0 Å². The highest BCUT2D eigenvalue weighted by Gasteiger charge is 2.35. The summed E-state index contributed by atoms with van der Waals surface area (Å²) in [5.74, 6) is -0.590. The largest absolute Gasteiger partial charge is 0.493 e. The highest BCUT2D eigenvalue weighted by atomic mass is 16.5. The minimum Gasteiger partial charge on any atom is -0.493 e. The molecule has 0 aliphatic carbocycles. The van der Waals surface area contributed by atoms with Crippen molar-refractivity contribution in [3.8, 4) is 5.75 Å². The molecule has 0 unspecified atom stereocenters. The molecule has 3 rings (SSSR count). The zero-order valence-corrected chi connectivity index (χ0v) is 11.5. The van der Waals surface area contributed by atoms with Crippen molar-refractivity contribution < 1.29 is 24.2 Å². The van der Waals surface area contributed by atoms with Crippen LogP contribution in [0.5, 0.6) is 5.75 Å². The minimum atomic E-state index is -1.03. The zero-order chi connectivity index (χ0) is 14.8. The van der Waals surface area contributed by atoms with Gasteiger partial charge in [0.2, 0.25) is 5.91 Å². The van der Waals surface area contributed by atoms with Gasteiger partial charge < -0.3 is 19.5 Å². The molecule has 112 valence electrons. The fraction of sp³-hybridized carbons (Fsp3) is 0.467. The SMILES string of the molecule is O=C(O)[C@@H]1CN(C(=O)[C@H]2CCOc3ccccc32)CCO1. The molecule has 1 aromatic carbocycles. The molecule has 1 saturated heterocycles. The summed E-state index contributed by atoms with van der Waals surface area (Å²) in [7, 11) is 0. The van der Waals surface area contributed by atoms with Crippen molar-refractivity contribution in [2.24, 2.45) is 0 Å². The normalized spacial score (nSPS) is 24.9. The second kappa shape index (κ2) is 5.73. The average Bonchev–Trinajstić information content (AvgIpc) is 2.53. The van der Waals surface area contributed by atoms with Crippen molar-refractivity contribution in [1.82, 2.24) is 4.90 Å². The highest BCUT2D eigenvalue weighted by Crippen LogP contribution is 2.34. The number of hydrogen-bond acceptors (Lipinski definition) is 4. The van der Waals surface area contributed by atoms with Gasteiger partial charge in [-0.05, 0) is 12.5 Å². The Morgan fingerprint density at radius 1 is 1.24 bits per heavy atom. The van der Waals surface area contributed by atoms with Crippen molar-refractivity contribution in [2.75, 3.05) is 26.3 Å². The first-order valence-corrected chi connectivity index (χ1v) is 7.01. The second-order valence-electron chi connectivity index (χ2n) is 5.21. The molecule has 2 aliphatic rings. The van der Waals surface area contributed by atoms with E-state index in [4.69, 9.17) is 14.6 Å². The molecule has 21 heavy (non-hydrogen) atoms. The Morgan fingerprint density at radius 3 is 2.86 bits per heavy atom. The van der Waals surface area contributed by atoms with Crippen LogP contribution in [0.2, 0.25) is 0 Å². The first-order valence-electron chi connectivity index (χ1n) is 7.01. The summed E-state index contributed by atoms with van der Waals surface area (Å²) in [5.41, 5.74) is 0.882. The number of ether oxygens (including phenoxy) is 2. The fourth-order valence-electron chi connectivity index (χ4n) is 2.82. The van der Waals surface area contributed by atoms with E-state index in [0.717, 1.165) is 11.3 Å². The van der Waals surface area contributed by atoms with Crippen molar-refractivity contribution in [1.29, 1.82) is 0 Å². The van der Waals surface area contributed by atoms with Gasteiger partial charge in [0.25, 0.3) is 0 Å². The lowest BCUT2D eigenvalue weighted by atomic mass is 9.91. The summed E-state index contributed by atoms with van der Waals surface area (Å²) in [6, 6.07) is 7.51. The van der Waals surface area contributed by atoms with E-state index in [1.54, 1.807) is 4.90 Å². The third kappa shape index (κ3) is 2.71. The molecule has 6 heteroatoms. The van der Waals surface area contributed by atoms with E-state index in [1.165, 1.54) is 0 Å².